The second-order valence-corrected chi connectivity index (χ2v) is 7.66. The summed E-state index contributed by atoms with van der Waals surface area (Å²) in [5.74, 6) is -0.634. The SMILES string of the molecule is Cc1ccc(Oc2nc3cc(-c4ccc5onc(C)c5c4)c(Cl)cc3[nH]2)cc1C(=O)O. The lowest BCUT2D eigenvalue weighted by molar-refractivity contribution is 0.0695. The molecule has 3 aromatic carbocycles. The van der Waals surface area contributed by atoms with Crippen molar-refractivity contribution in [3.05, 3.63) is 70.4 Å². The molecule has 2 aromatic heterocycles. The van der Waals surface area contributed by atoms with Crippen LogP contribution < -0.4 is 4.74 Å². The average Bonchev–Trinajstić information content (AvgIpc) is 3.30. The number of benzene rings is 3. The third-order valence-electron chi connectivity index (χ3n) is 5.16. The van der Waals surface area contributed by atoms with Gasteiger partial charge in [0.2, 0.25) is 0 Å². The van der Waals surface area contributed by atoms with Crippen molar-refractivity contribution in [1.29, 1.82) is 0 Å². The highest BCUT2D eigenvalue weighted by molar-refractivity contribution is 6.34. The van der Waals surface area contributed by atoms with Crippen LogP contribution in [0.15, 0.2) is 53.1 Å². The molecule has 5 rings (SSSR count). The van der Waals surface area contributed by atoms with Crippen molar-refractivity contribution in [2.45, 2.75) is 13.8 Å². The molecule has 0 aliphatic heterocycles. The molecule has 7 nitrogen and oxygen atoms in total. The van der Waals surface area contributed by atoms with E-state index in [4.69, 9.17) is 20.9 Å². The van der Waals surface area contributed by atoms with Crippen LogP contribution in [-0.2, 0) is 0 Å². The van der Waals surface area contributed by atoms with Gasteiger partial charge in [0.15, 0.2) is 5.58 Å². The molecule has 31 heavy (non-hydrogen) atoms. The average molecular weight is 434 g/mol. The quantitative estimate of drug-likeness (QED) is 0.353. The Hall–Kier alpha value is -3.84. The molecule has 2 heterocycles. The van der Waals surface area contributed by atoms with Crippen molar-refractivity contribution in [1.82, 2.24) is 15.1 Å². The minimum absolute atomic E-state index is 0.179. The van der Waals surface area contributed by atoms with Crippen LogP contribution in [0.3, 0.4) is 0 Å². The molecule has 0 aliphatic rings. The van der Waals surface area contributed by atoms with Crippen LogP contribution in [0.1, 0.15) is 21.6 Å². The van der Waals surface area contributed by atoms with E-state index in [0.717, 1.165) is 22.2 Å². The molecule has 8 heteroatoms. The highest BCUT2D eigenvalue weighted by atomic mass is 35.5. The number of aromatic carboxylic acids is 1. The van der Waals surface area contributed by atoms with Gasteiger partial charge >= 0.3 is 5.97 Å². The number of carboxylic acid groups (broad SMARTS) is 1. The van der Waals surface area contributed by atoms with E-state index in [2.05, 4.69) is 15.1 Å². The van der Waals surface area contributed by atoms with E-state index in [1.807, 2.05) is 31.2 Å². The molecule has 0 radical (unpaired) electrons. The Bertz CT molecular complexity index is 1490. The molecule has 0 spiro atoms. The van der Waals surface area contributed by atoms with E-state index in [1.165, 1.54) is 6.07 Å². The number of carboxylic acids is 1. The lowest BCUT2D eigenvalue weighted by Crippen LogP contribution is -2.00. The fourth-order valence-corrected chi connectivity index (χ4v) is 3.78. The number of H-pyrrole nitrogens is 1. The number of nitrogens with one attached hydrogen (secondary N) is 1. The fraction of sp³-hybridized carbons (Fsp3) is 0.0870. The summed E-state index contributed by atoms with van der Waals surface area (Å²) < 4.78 is 11.0. The zero-order chi connectivity index (χ0) is 21.7. The summed E-state index contributed by atoms with van der Waals surface area (Å²) in [6, 6.07) is 14.5. The highest BCUT2D eigenvalue weighted by Gasteiger charge is 2.14. The number of carbonyl (C=O) groups is 1. The van der Waals surface area contributed by atoms with Gasteiger partial charge in [-0.15, -0.1) is 0 Å². The fourth-order valence-electron chi connectivity index (χ4n) is 3.51. The molecule has 0 atom stereocenters. The lowest BCUT2D eigenvalue weighted by Gasteiger charge is -2.05. The first kappa shape index (κ1) is 19.1. The smallest absolute Gasteiger partial charge is 0.336 e. The number of rotatable bonds is 4. The van der Waals surface area contributed by atoms with E-state index in [9.17, 15) is 9.90 Å². The van der Waals surface area contributed by atoms with Gasteiger partial charge in [-0.1, -0.05) is 28.9 Å². The Balaban J connectivity index is 1.53. The summed E-state index contributed by atoms with van der Waals surface area (Å²) >= 11 is 6.55. The summed E-state index contributed by atoms with van der Waals surface area (Å²) in [5.41, 5.74) is 5.47. The van der Waals surface area contributed by atoms with E-state index in [0.29, 0.717) is 33.0 Å². The van der Waals surface area contributed by atoms with Crippen LogP contribution in [0, 0.1) is 13.8 Å². The minimum Gasteiger partial charge on any atom is -0.478 e. The standard InChI is InChI=1S/C23H16ClN3O4/c1-11-3-5-14(8-15(11)22(28)29)30-23-25-19-9-17(18(24)10-20(19)26-23)13-4-6-21-16(7-13)12(2)27-31-21/h3-10H,1-2H3,(H,25,26)(H,28,29). The van der Waals surface area contributed by atoms with E-state index < -0.39 is 5.97 Å². The van der Waals surface area contributed by atoms with E-state index >= 15 is 0 Å². The molecule has 0 bridgehead atoms. The predicted octanol–water partition coefficient (Wildman–Crippen LogP) is 6.13. The topological polar surface area (TPSA) is 101 Å². The summed E-state index contributed by atoms with van der Waals surface area (Å²) in [5, 5.41) is 14.8. The zero-order valence-corrected chi connectivity index (χ0v) is 17.3. The highest BCUT2D eigenvalue weighted by Crippen LogP contribution is 2.35. The monoisotopic (exact) mass is 433 g/mol. The number of aromatic amines is 1. The first-order valence-electron chi connectivity index (χ1n) is 9.46. The van der Waals surface area contributed by atoms with Gasteiger partial charge in [-0.3, -0.25) is 0 Å². The molecule has 2 N–H and O–H groups in total. The summed E-state index contributed by atoms with van der Waals surface area (Å²) in [7, 11) is 0. The van der Waals surface area contributed by atoms with Gasteiger partial charge in [-0.05, 0) is 61.4 Å². The number of nitrogens with zero attached hydrogens (tertiary/aromatic N) is 2. The maximum atomic E-state index is 11.4. The maximum absolute atomic E-state index is 11.4. The predicted molar refractivity (Wildman–Crippen MR) is 117 cm³/mol. The number of imidazole rings is 1. The van der Waals surface area contributed by atoms with Crippen LogP contribution in [0.4, 0.5) is 0 Å². The van der Waals surface area contributed by atoms with Crippen molar-refractivity contribution in [2.24, 2.45) is 0 Å². The molecular formula is C23H16ClN3O4. The third-order valence-corrected chi connectivity index (χ3v) is 5.48. The molecule has 0 aliphatic carbocycles. The first-order valence-corrected chi connectivity index (χ1v) is 9.84. The molecule has 0 unspecified atom stereocenters. The van der Waals surface area contributed by atoms with Crippen LogP contribution in [0.25, 0.3) is 33.1 Å². The molecule has 0 saturated heterocycles. The number of ether oxygens (including phenoxy) is 1. The van der Waals surface area contributed by atoms with Gasteiger partial charge < -0.3 is 19.4 Å². The molecular weight excluding hydrogens is 418 g/mol. The van der Waals surface area contributed by atoms with Crippen LogP contribution >= 0.6 is 11.6 Å². The lowest BCUT2D eigenvalue weighted by atomic mass is 10.0. The van der Waals surface area contributed by atoms with Gasteiger partial charge in [0.1, 0.15) is 5.75 Å². The second kappa shape index (κ2) is 7.14. The summed E-state index contributed by atoms with van der Waals surface area (Å²) in [6.45, 7) is 3.62. The number of fused-ring (bicyclic) bond motifs is 2. The maximum Gasteiger partial charge on any atom is 0.336 e. The molecule has 0 fully saturated rings. The van der Waals surface area contributed by atoms with Crippen molar-refractivity contribution in [3.8, 4) is 22.9 Å². The number of hydrogen-bond donors (Lipinski definition) is 2. The first-order chi connectivity index (χ1) is 14.9. The molecule has 0 amide bonds. The Labute approximate surface area is 181 Å². The number of aryl methyl sites for hydroxylation is 2. The van der Waals surface area contributed by atoms with Gasteiger partial charge in [0, 0.05) is 10.9 Å². The summed E-state index contributed by atoms with van der Waals surface area (Å²) in [6.07, 6.45) is 0. The molecule has 0 saturated carbocycles. The number of halogens is 1. The van der Waals surface area contributed by atoms with Crippen molar-refractivity contribution in [3.63, 3.8) is 0 Å². The van der Waals surface area contributed by atoms with Crippen molar-refractivity contribution < 1.29 is 19.2 Å². The van der Waals surface area contributed by atoms with Gasteiger partial charge in [-0.25, -0.2) is 4.79 Å². The Morgan fingerprint density at radius 3 is 2.77 bits per heavy atom. The van der Waals surface area contributed by atoms with Gasteiger partial charge in [0.25, 0.3) is 6.01 Å². The van der Waals surface area contributed by atoms with Crippen molar-refractivity contribution in [2.75, 3.05) is 0 Å². The third kappa shape index (κ3) is 3.39. The molecule has 5 aromatic rings. The van der Waals surface area contributed by atoms with Crippen LogP contribution in [0.5, 0.6) is 11.8 Å². The minimum atomic E-state index is -1.01. The van der Waals surface area contributed by atoms with Gasteiger partial charge in [0.05, 0.1) is 27.3 Å². The van der Waals surface area contributed by atoms with Crippen molar-refractivity contribution >= 4 is 39.6 Å². The molecule has 154 valence electrons. The Morgan fingerprint density at radius 2 is 1.97 bits per heavy atom. The normalized spacial score (nSPS) is 11.3. The van der Waals surface area contributed by atoms with Crippen LogP contribution in [-0.4, -0.2) is 26.2 Å². The van der Waals surface area contributed by atoms with Gasteiger partial charge in [-0.2, -0.15) is 4.98 Å². The largest absolute Gasteiger partial charge is 0.478 e. The summed E-state index contributed by atoms with van der Waals surface area (Å²) in [4.78, 5) is 18.9. The van der Waals surface area contributed by atoms with E-state index in [1.54, 1.807) is 25.1 Å². The Morgan fingerprint density at radius 1 is 1.13 bits per heavy atom. The number of aromatic nitrogens is 3. The second-order valence-electron chi connectivity index (χ2n) is 7.25. The Kier molecular flexibility index (Phi) is 4.41. The van der Waals surface area contributed by atoms with E-state index in [-0.39, 0.29) is 11.6 Å². The van der Waals surface area contributed by atoms with Crippen LogP contribution in [0.2, 0.25) is 5.02 Å². The number of hydrogen-bond acceptors (Lipinski definition) is 5. The zero-order valence-electron chi connectivity index (χ0n) is 16.6.